The van der Waals surface area contributed by atoms with Crippen molar-refractivity contribution in [3.63, 3.8) is 0 Å². The van der Waals surface area contributed by atoms with Crippen LogP contribution in [0.4, 0.5) is 22.9 Å². The molecule has 18 heteroatoms. The van der Waals surface area contributed by atoms with E-state index in [0.717, 1.165) is 79.6 Å². The summed E-state index contributed by atoms with van der Waals surface area (Å²) in [5.41, 5.74) is 5.28. The summed E-state index contributed by atoms with van der Waals surface area (Å²) in [7, 11) is 2.96. The predicted molar refractivity (Wildman–Crippen MR) is 228 cm³/mol. The first-order chi connectivity index (χ1) is 29.2. The lowest BCUT2D eigenvalue weighted by molar-refractivity contribution is -0.136. The molecule has 0 spiro atoms. The summed E-state index contributed by atoms with van der Waals surface area (Å²) < 4.78 is 6.97. The Morgan fingerprint density at radius 2 is 1.64 bits per heavy atom. The Hall–Kier alpha value is -6.04. The monoisotopic (exact) mass is 853 g/mol. The zero-order chi connectivity index (χ0) is 43.2. The van der Waals surface area contributed by atoms with Crippen molar-refractivity contribution < 1.29 is 33.5 Å². The lowest BCUT2D eigenvalue weighted by Crippen LogP contribution is -2.59. The Morgan fingerprint density at radius 1 is 0.902 bits per heavy atom. The third-order valence-corrected chi connectivity index (χ3v) is 12.9. The number of imide groups is 2. The molecule has 4 aliphatic rings. The van der Waals surface area contributed by atoms with Gasteiger partial charge in [-0.1, -0.05) is 11.6 Å². The van der Waals surface area contributed by atoms with Gasteiger partial charge in [0.2, 0.25) is 11.8 Å². The number of carbonyl (C=O) groups excluding carboxylic acids is 5. The molecule has 0 saturated carbocycles. The summed E-state index contributed by atoms with van der Waals surface area (Å²) in [5.74, 6) is -1.27. The smallest absolute Gasteiger partial charge is 0.293 e. The molecular formula is C43H48ClN9O8. The number of piperidine rings is 2. The second-order valence-corrected chi connectivity index (χ2v) is 16.8. The molecule has 3 fully saturated rings. The van der Waals surface area contributed by atoms with Gasteiger partial charge in [0.1, 0.15) is 11.9 Å². The van der Waals surface area contributed by atoms with E-state index in [9.17, 15) is 28.8 Å². The molecule has 2 aromatic carbocycles. The van der Waals surface area contributed by atoms with Gasteiger partial charge in [-0.15, -0.1) is 0 Å². The number of amides is 5. The number of aryl methyl sites for hydroxylation is 1. The van der Waals surface area contributed by atoms with Crippen molar-refractivity contribution in [2.75, 3.05) is 68.1 Å². The maximum absolute atomic E-state index is 13.4. The summed E-state index contributed by atoms with van der Waals surface area (Å²) in [6.45, 7) is 9.14. The number of benzene rings is 2. The van der Waals surface area contributed by atoms with E-state index in [1.54, 1.807) is 31.4 Å². The van der Waals surface area contributed by atoms with Crippen molar-refractivity contribution in [2.24, 2.45) is 13.0 Å². The van der Waals surface area contributed by atoms with Gasteiger partial charge in [-0.05, 0) is 81.5 Å². The quantitative estimate of drug-likeness (QED) is 0.147. The van der Waals surface area contributed by atoms with Gasteiger partial charge < -0.3 is 24.4 Å². The number of aromatic nitrogens is 2. The van der Waals surface area contributed by atoms with Gasteiger partial charge in [-0.2, -0.15) is 0 Å². The fraction of sp³-hybridized carbons (Fsp3) is 0.419. The lowest BCUT2D eigenvalue weighted by Gasteiger charge is -2.50. The fourth-order valence-electron chi connectivity index (χ4n) is 9.04. The second kappa shape index (κ2) is 16.8. The Balaban J connectivity index is 0.873. The van der Waals surface area contributed by atoms with Crippen molar-refractivity contribution in [1.29, 1.82) is 0 Å². The molecule has 2 aromatic heterocycles. The van der Waals surface area contributed by atoms with Crippen molar-refractivity contribution >= 4 is 74.9 Å². The number of hydrogen-bond acceptors (Lipinski definition) is 13. The molecule has 1 unspecified atom stereocenters. The minimum Gasteiger partial charge on any atom is -0.478 e. The first kappa shape index (κ1) is 41.7. The Kier molecular flexibility index (Phi) is 11.5. The molecule has 0 aliphatic carbocycles. The van der Waals surface area contributed by atoms with Gasteiger partial charge in [0, 0.05) is 81.1 Å². The van der Waals surface area contributed by atoms with Crippen molar-refractivity contribution in [3.8, 4) is 5.75 Å². The normalized spacial score (nSPS) is 19.0. The summed E-state index contributed by atoms with van der Waals surface area (Å²) in [5, 5.41) is 6.84. The highest BCUT2D eigenvalue weighted by Crippen LogP contribution is 2.38. The van der Waals surface area contributed by atoms with Crippen molar-refractivity contribution in [3.05, 3.63) is 81.2 Å². The molecular weight excluding hydrogens is 806 g/mol. The van der Waals surface area contributed by atoms with Gasteiger partial charge in [0.15, 0.2) is 12.4 Å². The van der Waals surface area contributed by atoms with Crippen LogP contribution in [0.25, 0.3) is 10.9 Å². The predicted octanol–water partition coefficient (Wildman–Crippen LogP) is 3.61. The van der Waals surface area contributed by atoms with Crippen LogP contribution in [0.1, 0.15) is 60.2 Å². The van der Waals surface area contributed by atoms with Crippen molar-refractivity contribution in [2.45, 2.75) is 51.1 Å². The largest absolute Gasteiger partial charge is 0.478 e. The summed E-state index contributed by atoms with van der Waals surface area (Å²) in [6.07, 6.45) is 3.76. The molecule has 4 aromatic rings. The highest BCUT2D eigenvalue weighted by atomic mass is 35.5. The van der Waals surface area contributed by atoms with E-state index in [2.05, 4.69) is 54.5 Å². The van der Waals surface area contributed by atoms with Crippen LogP contribution < -0.4 is 36.2 Å². The average Bonchev–Trinajstić information content (AvgIpc) is 3.50. The van der Waals surface area contributed by atoms with Crippen LogP contribution in [-0.2, 0) is 26.3 Å². The Labute approximate surface area is 356 Å². The van der Waals surface area contributed by atoms with Gasteiger partial charge in [-0.3, -0.25) is 48.7 Å². The molecule has 0 bridgehead atoms. The lowest BCUT2D eigenvalue weighted by atomic mass is 9.78. The number of hydroxylamine groups is 1. The van der Waals surface area contributed by atoms with E-state index in [-0.39, 0.29) is 41.9 Å². The molecule has 6 heterocycles. The first-order valence-corrected chi connectivity index (χ1v) is 20.7. The molecule has 320 valence electrons. The number of nitrogens with zero attached hydrogens (tertiary/aromatic N) is 6. The molecule has 3 N–H and O–H groups in total. The highest BCUT2D eigenvalue weighted by molar-refractivity contribution is 6.33. The van der Waals surface area contributed by atoms with Gasteiger partial charge in [0.25, 0.3) is 23.3 Å². The molecule has 8 rings (SSSR count). The van der Waals surface area contributed by atoms with Crippen LogP contribution in [-0.4, -0.2) is 113 Å². The van der Waals surface area contributed by atoms with E-state index in [4.69, 9.17) is 16.3 Å². The number of fused-ring (bicyclic) bond motifs is 2. The molecule has 61 heavy (non-hydrogen) atoms. The summed E-state index contributed by atoms with van der Waals surface area (Å²) in [6, 6.07) is 13.5. The molecule has 1 atom stereocenters. The summed E-state index contributed by atoms with van der Waals surface area (Å²) in [4.78, 5) is 92.9. The van der Waals surface area contributed by atoms with Crippen LogP contribution in [0.5, 0.6) is 5.75 Å². The van der Waals surface area contributed by atoms with Crippen molar-refractivity contribution in [1.82, 2.24) is 30.1 Å². The number of piperazine rings is 1. The maximum atomic E-state index is 13.4. The number of halogens is 1. The first-order valence-electron chi connectivity index (χ1n) is 20.3. The number of pyridine rings is 2. The zero-order valence-corrected chi connectivity index (χ0v) is 35.2. The third-order valence-electron chi connectivity index (χ3n) is 12.6. The van der Waals surface area contributed by atoms with E-state index in [0.29, 0.717) is 27.7 Å². The zero-order valence-electron chi connectivity index (χ0n) is 34.5. The number of nitrogens with one attached hydrogen (secondary N) is 3. The van der Waals surface area contributed by atoms with Crippen LogP contribution in [0.2, 0.25) is 5.02 Å². The molecule has 0 radical (unpaired) electrons. The molecule has 17 nitrogen and oxygen atoms in total. The minimum absolute atomic E-state index is 0.0339. The number of rotatable bonds is 11. The Morgan fingerprint density at radius 3 is 2.36 bits per heavy atom. The molecule has 4 aliphatic heterocycles. The van der Waals surface area contributed by atoms with E-state index in [1.165, 1.54) is 11.7 Å². The van der Waals surface area contributed by atoms with E-state index in [1.807, 2.05) is 30.3 Å². The van der Waals surface area contributed by atoms with Crippen LogP contribution in [0, 0.1) is 5.92 Å². The summed E-state index contributed by atoms with van der Waals surface area (Å²) >= 11 is 6.65. The number of ether oxygens (including phenoxy) is 1. The minimum atomic E-state index is -0.991. The number of anilines is 4. The SMILES string of the molecule is CONC(=O)COc1cc2cc(Nc3cc(N4CCN(C(C)(C)C5CCN(c6ccc7c(c6)C(=O)N(C6CCC(=O)NC6=O)C7=O)CC5)CC4)ncc3Cl)ccc2n(C)c1=O. The second-order valence-electron chi connectivity index (χ2n) is 16.4. The number of carbonyl (C=O) groups is 5. The van der Waals surface area contributed by atoms with Crippen LogP contribution in [0.15, 0.2) is 59.5 Å². The van der Waals surface area contributed by atoms with E-state index >= 15 is 0 Å². The maximum Gasteiger partial charge on any atom is 0.293 e. The van der Waals surface area contributed by atoms with Gasteiger partial charge in [-0.25, -0.2) is 10.5 Å². The molecule has 5 amide bonds. The molecule has 3 saturated heterocycles. The van der Waals surface area contributed by atoms with Gasteiger partial charge in [0.05, 0.1) is 40.7 Å². The van der Waals surface area contributed by atoms with Crippen LogP contribution >= 0.6 is 11.6 Å². The average molecular weight is 854 g/mol. The standard InChI is InChI=1S/C43H48ClN9O8/c1-43(2,26-11-13-50(14-12-26)28-6-7-29-30(21-28)41(58)53(40(29)57)34-9-10-37(54)47-39(34)56)52-17-15-51(16-18-52)36-22-32(31(44)23-45-36)46-27-5-8-33-25(19-27)20-35(42(59)49(33)3)61-24-38(55)48-60-4/h5-8,19-23,26,34H,9-18,24H2,1-4H3,(H,45,46)(H,48,55)(H,47,54,56). The fourth-order valence-corrected chi connectivity index (χ4v) is 9.19. The highest BCUT2D eigenvalue weighted by Gasteiger charge is 2.45. The third kappa shape index (κ3) is 8.12. The number of hydrogen-bond donors (Lipinski definition) is 3. The van der Waals surface area contributed by atoms with E-state index < -0.39 is 35.6 Å². The Bertz CT molecular complexity index is 2490. The van der Waals surface area contributed by atoms with Crippen LogP contribution in [0.3, 0.4) is 0 Å². The topological polar surface area (TPSA) is 188 Å². The van der Waals surface area contributed by atoms with Gasteiger partial charge >= 0.3 is 0 Å².